The molecule has 0 saturated heterocycles. The summed E-state index contributed by atoms with van der Waals surface area (Å²) in [6.45, 7) is 0. The number of hydrogen-bond acceptors (Lipinski definition) is 2. The lowest BCUT2D eigenvalue weighted by Gasteiger charge is -2.29. The molecule has 1 nitrogen and oxygen atoms in total. The Morgan fingerprint density at radius 3 is 1.77 bits per heavy atom. The average molecular weight is 680 g/mol. The van der Waals surface area contributed by atoms with Crippen molar-refractivity contribution in [3.63, 3.8) is 0 Å². The molecule has 0 bridgehead atoms. The van der Waals surface area contributed by atoms with Crippen LogP contribution in [0.2, 0.25) is 0 Å². The van der Waals surface area contributed by atoms with Crippen molar-refractivity contribution < 1.29 is 0 Å². The first-order chi connectivity index (χ1) is 25.8. The topological polar surface area (TPSA) is 3.24 Å². The van der Waals surface area contributed by atoms with Crippen molar-refractivity contribution in [1.29, 1.82) is 0 Å². The molecule has 0 aliphatic rings. The first-order valence-electron chi connectivity index (χ1n) is 17.8. The molecule has 0 fully saturated rings. The van der Waals surface area contributed by atoms with Gasteiger partial charge in [-0.2, -0.15) is 0 Å². The fourth-order valence-electron chi connectivity index (χ4n) is 7.72. The number of para-hydroxylation sites is 1. The fraction of sp³-hybridized carbons (Fsp3) is 0. The highest BCUT2D eigenvalue weighted by molar-refractivity contribution is 7.25. The van der Waals surface area contributed by atoms with Crippen molar-refractivity contribution in [3.05, 3.63) is 200 Å². The molecule has 0 unspecified atom stereocenters. The molecule has 10 rings (SSSR count). The second-order valence-corrected chi connectivity index (χ2v) is 14.4. The summed E-state index contributed by atoms with van der Waals surface area (Å²) in [5.74, 6) is 0. The van der Waals surface area contributed by atoms with Gasteiger partial charge in [0.15, 0.2) is 0 Å². The Bertz CT molecular complexity index is 2930. The zero-order valence-corrected chi connectivity index (χ0v) is 29.2. The third-order valence-electron chi connectivity index (χ3n) is 10.2. The summed E-state index contributed by atoms with van der Waals surface area (Å²) in [6, 6.07) is 73.1. The maximum Gasteiger partial charge on any atom is 0.0540 e. The highest BCUT2D eigenvalue weighted by Gasteiger charge is 2.19. The number of hydrogen-bond donors (Lipinski definition) is 0. The summed E-state index contributed by atoms with van der Waals surface area (Å²) < 4.78 is 2.64. The SMILES string of the molecule is c1cc(-c2ccc3sc4ccccc4c3c2)cc(N(c2cccc(-c3cccc4ccccc34)c2)c2ccccc2-c2ccc3ccccc3c2)c1. The van der Waals surface area contributed by atoms with E-state index in [4.69, 9.17) is 0 Å². The molecule has 1 aromatic heterocycles. The van der Waals surface area contributed by atoms with E-state index in [0.29, 0.717) is 0 Å². The van der Waals surface area contributed by atoms with Crippen LogP contribution in [0.5, 0.6) is 0 Å². The molecular weight excluding hydrogens is 647 g/mol. The maximum absolute atomic E-state index is 2.43. The predicted molar refractivity (Wildman–Crippen MR) is 225 cm³/mol. The Morgan fingerprint density at radius 1 is 0.308 bits per heavy atom. The summed E-state index contributed by atoms with van der Waals surface area (Å²) in [6.07, 6.45) is 0. The van der Waals surface area contributed by atoms with E-state index < -0.39 is 0 Å². The van der Waals surface area contributed by atoms with Gasteiger partial charge >= 0.3 is 0 Å². The molecular formula is C50H33NS. The molecule has 0 atom stereocenters. The molecule has 0 N–H and O–H groups in total. The van der Waals surface area contributed by atoms with Crippen LogP contribution in [0.15, 0.2) is 200 Å². The number of rotatable bonds is 6. The molecule has 0 radical (unpaired) electrons. The number of nitrogens with zero attached hydrogens (tertiary/aromatic N) is 1. The van der Waals surface area contributed by atoms with Crippen LogP contribution in [0.1, 0.15) is 0 Å². The second kappa shape index (κ2) is 12.7. The van der Waals surface area contributed by atoms with Crippen LogP contribution in [-0.4, -0.2) is 0 Å². The van der Waals surface area contributed by atoms with Gasteiger partial charge in [-0.15, -0.1) is 11.3 Å². The van der Waals surface area contributed by atoms with Crippen molar-refractivity contribution in [2.45, 2.75) is 0 Å². The third-order valence-corrected chi connectivity index (χ3v) is 11.4. The fourth-order valence-corrected chi connectivity index (χ4v) is 8.80. The summed E-state index contributed by atoms with van der Waals surface area (Å²) in [5, 5.41) is 7.60. The Morgan fingerprint density at radius 2 is 0.885 bits per heavy atom. The van der Waals surface area contributed by atoms with Crippen LogP contribution in [0.4, 0.5) is 17.1 Å². The van der Waals surface area contributed by atoms with E-state index >= 15 is 0 Å². The Kier molecular flexibility index (Phi) is 7.41. The zero-order valence-electron chi connectivity index (χ0n) is 28.4. The van der Waals surface area contributed by atoms with Gasteiger partial charge in [-0.05, 0) is 104 Å². The van der Waals surface area contributed by atoms with Gasteiger partial charge in [0, 0.05) is 37.1 Å². The number of thiophene rings is 1. The minimum atomic E-state index is 1.11. The van der Waals surface area contributed by atoms with Crippen LogP contribution >= 0.6 is 11.3 Å². The van der Waals surface area contributed by atoms with Gasteiger partial charge in [-0.3, -0.25) is 0 Å². The van der Waals surface area contributed by atoms with Gasteiger partial charge in [0.25, 0.3) is 0 Å². The molecule has 52 heavy (non-hydrogen) atoms. The van der Waals surface area contributed by atoms with E-state index in [1.807, 2.05) is 11.3 Å². The summed E-state index contributed by atoms with van der Waals surface area (Å²) in [7, 11) is 0. The van der Waals surface area contributed by atoms with Crippen molar-refractivity contribution in [2.24, 2.45) is 0 Å². The van der Waals surface area contributed by atoms with Crippen molar-refractivity contribution >= 4 is 70.1 Å². The van der Waals surface area contributed by atoms with Crippen LogP contribution in [0.25, 0.3) is 75.1 Å². The van der Waals surface area contributed by atoms with Crippen molar-refractivity contribution in [3.8, 4) is 33.4 Å². The lowest BCUT2D eigenvalue weighted by Crippen LogP contribution is -2.11. The van der Waals surface area contributed by atoms with E-state index in [2.05, 4.69) is 205 Å². The minimum absolute atomic E-state index is 1.11. The smallest absolute Gasteiger partial charge is 0.0540 e. The van der Waals surface area contributed by atoms with Gasteiger partial charge in [0.05, 0.1) is 5.69 Å². The molecule has 9 aromatic carbocycles. The largest absolute Gasteiger partial charge is 0.310 e. The van der Waals surface area contributed by atoms with E-state index in [9.17, 15) is 0 Å². The Balaban J connectivity index is 1.17. The van der Waals surface area contributed by atoms with E-state index in [-0.39, 0.29) is 0 Å². The molecule has 0 aliphatic heterocycles. The molecule has 0 amide bonds. The summed E-state index contributed by atoms with van der Waals surface area (Å²) in [5.41, 5.74) is 10.5. The van der Waals surface area contributed by atoms with Crippen LogP contribution in [0, 0.1) is 0 Å². The van der Waals surface area contributed by atoms with Gasteiger partial charge in [0.1, 0.15) is 0 Å². The number of fused-ring (bicyclic) bond motifs is 5. The van der Waals surface area contributed by atoms with Crippen LogP contribution in [0.3, 0.4) is 0 Å². The molecule has 244 valence electrons. The zero-order chi connectivity index (χ0) is 34.4. The van der Waals surface area contributed by atoms with E-state index in [1.165, 1.54) is 75.1 Å². The molecule has 1 heterocycles. The Hall–Kier alpha value is -6.48. The number of benzene rings is 9. The van der Waals surface area contributed by atoms with Gasteiger partial charge < -0.3 is 4.90 Å². The quantitative estimate of drug-likeness (QED) is 0.169. The monoisotopic (exact) mass is 679 g/mol. The molecule has 0 aliphatic carbocycles. The van der Waals surface area contributed by atoms with Crippen molar-refractivity contribution in [1.82, 2.24) is 0 Å². The first-order valence-corrected chi connectivity index (χ1v) is 18.6. The molecule has 0 saturated carbocycles. The minimum Gasteiger partial charge on any atom is -0.310 e. The average Bonchev–Trinajstić information content (AvgIpc) is 3.59. The molecule has 0 spiro atoms. The summed E-state index contributed by atoms with van der Waals surface area (Å²) >= 11 is 1.86. The summed E-state index contributed by atoms with van der Waals surface area (Å²) in [4.78, 5) is 2.43. The highest BCUT2D eigenvalue weighted by Crippen LogP contribution is 2.44. The van der Waals surface area contributed by atoms with E-state index in [1.54, 1.807) is 0 Å². The lowest BCUT2D eigenvalue weighted by molar-refractivity contribution is 1.28. The maximum atomic E-state index is 2.43. The predicted octanol–water partition coefficient (Wildman–Crippen LogP) is 14.8. The van der Waals surface area contributed by atoms with Gasteiger partial charge in [-0.25, -0.2) is 0 Å². The highest BCUT2D eigenvalue weighted by atomic mass is 32.1. The van der Waals surface area contributed by atoms with Crippen molar-refractivity contribution in [2.75, 3.05) is 4.90 Å². The van der Waals surface area contributed by atoms with Gasteiger partial charge in [-0.1, -0.05) is 146 Å². The van der Waals surface area contributed by atoms with E-state index in [0.717, 1.165) is 17.1 Å². The normalized spacial score (nSPS) is 11.5. The second-order valence-electron chi connectivity index (χ2n) is 13.4. The Labute approximate surface area is 307 Å². The molecule has 10 aromatic rings. The standard InChI is InChI=1S/C50H33NS/c1-2-14-36-30-40(27-26-34(36)12-1)45-21-5-7-24-48(45)51(42-19-10-17-39(32-42)44-23-11-15-35-13-3-4-20-43(35)44)41-18-9-16-37(31-41)38-28-29-50-47(33-38)46-22-6-8-25-49(46)52-50/h1-33H. The number of anilines is 3. The lowest BCUT2D eigenvalue weighted by atomic mass is 9.96. The first kappa shape index (κ1) is 30.4. The molecule has 2 heteroatoms. The van der Waals surface area contributed by atoms with Crippen LogP contribution in [-0.2, 0) is 0 Å². The van der Waals surface area contributed by atoms with Gasteiger partial charge in [0.2, 0.25) is 0 Å². The van der Waals surface area contributed by atoms with Crippen LogP contribution < -0.4 is 4.90 Å². The third kappa shape index (κ3) is 5.33.